The van der Waals surface area contributed by atoms with Crippen molar-refractivity contribution in [3.63, 3.8) is 0 Å². The van der Waals surface area contributed by atoms with E-state index < -0.39 is 0 Å². The first-order chi connectivity index (χ1) is 17.0. The van der Waals surface area contributed by atoms with Crippen LogP contribution in [0.25, 0.3) is 0 Å². The van der Waals surface area contributed by atoms with Crippen molar-refractivity contribution in [3.05, 3.63) is 45.6 Å². The summed E-state index contributed by atoms with van der Waals surface area (Å²) in [5.41, 5.74) is 1.12. The van der Waals surface area contributed by atoms with Crippen LogP contribution in [0.5, 0.6) is 0 Å². The third-order valence-corrected chi connectivity index (χ3v) is 11.8. The minimum atomic E-state index is -0.290. The summed E-state index contributed by atoms with van der Waals surface area (Å²) in [7, 11) is 0. The van der Waals surface area contributed by atoms with E-state index >= 15 is 0 Å². The molecule has 3 unspecified atom stereocenters. The first kappa shape index (κ1) is 27.2. The van der Waals surface area contributed by atoms with Gasteiger partial charge in [-0.25, -0.2) is 0 Å². The van der Waals surface area contributed by atoms with Gasteiger partial charge < -0.3 is 0 Å². The van der Waals surface area contributed by atoms with E-state index in [0.29, 0.717) is 17.1 Å². The third-order valence-electron chi connectivity index (χ3n) is 5.92. The predicted octanol–water partition coefficient (Wildman–Crippen LogP) is 1.74. The van der Waals surface area contributed by atoms with Gasteiger partial charge in [-0.2, -0.15) is 0 Å². The van der Waals surface area contributed by atoms with Gasteiger partial charge in [0.15, 0.2) is 0 Å². The maximum absolute atomic E-state index is 13.1. The Labute approximate surface area is 228 Å². The number of nitrogens with one attached hydrogen (secondary N) is 3. The van der Waals surface area contributed by atoms with Crippen LogP contribution in [-0.4, -0.2) is 76.2 Å². The van der Waals surface area contributed by atoms with Crippen molar-refractivity contribution in [2.45, 2.75) is 59.7 Å². The molecule has 4 heterocycles. The Morgan fingerprint density at radius 3 is 1.03 bits per heavy atom. The van der Waals surface area contributed by atoms with Gasteiger partial charge in [0.1, 0.15) is 0 Å². The number of fused-ring (bicyclic) bond motifs is 6. The van der Waals surface area contributed by atoms with Crippen LogP contribution in [-0.2, 0) is 0 Å². The Balaban J connectivity index is 1.78. The summed E-state index contributed by atoms with van der Waals surface area (Å²) < 4.78 is 2.47. The second-order valence-corrected chi connectivity index (χ2v) is 15.4. The van der Waals surface area contributed by atoms with Gasteiger partial charge in [0.25, 0.3) is 0 Å². The number of carbonyl (C=O) groups excluding carboxylic acids is 3. The van der Waals surface area contributed by atoms with Gasteiger partial charge in [-0.3, -0.25) is 0 Å². The Morgan fingerprint density at radius 2 is 0.806 bits per heavy atom. The first-order valence-electron chi connectivity index (χ1n) is 11.8. The van der Waals surface area contributed by atoms with E-state index in [-0.39, 0.29) is 97.1 Å². The summed E-state index contributed by atoms with van der Waals surface area (Å²) in [5, 5.41) is 9.29. The van der Waals surface area contributed by atoms with Crippen LogP contribution in [0.3, 0.4) is 0 Å². The fraction of sp³-hybridized carbons (Fsp3) is 0.500. The molecule has 0 aromatic carbocycles. The molecule has 9 nitrogen and oxygen atoms in total. The molecule has 3 atom stereocenters. The average molecular weight is 687 g/mol. The summed E-state index contributed by atoms with van der Waals surface area (Å²) >= 11 is -0.428. The van der Waals surface area contributed by atoms with Gasteiger partial charge in [-0.1, -0.05) is 0 Å². The van der Waals surface area contributed by atoms with Crippen molar-refractivity contribution in [1.29, 1.82) is 0 Å². The molecule has 0 spiro atoms. The molecule has 36 heavy (non-hydrogen) atoms. The average Bonchev–Trinajstić information content (AvgIpc) is 3.58. The van der Waals surface area contributed by atoms with Crippen LogP contribution in [0, 0.1) is 17.8 Å². The van der Waals surface area contributed by atoms with E-state index in [1.165, 1.54) is 0 Å². The van der Waals surface area contributed by atoms with Crippen molar-refractivity contribution in [1.82, 2.24) is 30.9 Å². The summed E-state index contributed by atoms with van der Waals surface area (Å²) in [4.78, 5) is 59.0. The maximum atomic E-state index is 13.1. The standard InChI is InChI=1S/C24H30N6O3Se3/c1-10(2)16-22-25-14(7-34-22)20(32)29-18(12(5)6)24-27-15(9-36-24)21(33)30-17(11(3)4)23-26-13(8-35-23)19(31)28-16/h7-12,16-18H,1-6H3,(H,28,31)(H,29,32)(H,30,33). The number of nitrogens with zero attached hydrogens (tertiary/aromatic N) is 3. The van der Waals surface area contributed by atoms with Gasteiger partial charge in [-0.05, 0) is 0 Å². The second-order valence-electron chi connectivity index (χ2n) is 9.80. The van der Waals surface area contributed by atoms with Crippen molar-refractivity contribution >= 4 is 61.2 Å². The molecule has 0 radical (unpaired) electrons. The number of hydrogen-bond acceptors (Lipinski definition) is 6. The molecule has 3 aromatic rings. The number of hydrogen-bond donors (Lipinski definition) is 3. The summed E-state index contributed by atoms with van der Waals surface area (Å²) in [6, 6.07) is -0.871. The van der Waals surface area contributed by atoms with E-state index in [2.05, 4.69) is 30.9 Å². The molecule has 3 N–H and O–H groups in total. The van der Waals surface area contributed by atoms with Crippen LogP contribution in [0.2, 0.25) is 0 Å². The molecule has 1 aliphatic rings. The number of amides is 3. The predicted molar refractivity (Wildman–Crippen MR) is 139 cm³/mol. The Kier molecular flexibility index (Phi) is 8.55. The molecule has 3 amide bonds. The van der Waals surface area contributed by atoms with Gasteiger partial charge in [0.2, 0.25) is 0 Å². The molecule has 4 rings (SSSR count). The van der Waals surface area contributed by atoms with Crippen LogP contribution < -0.4 is 16.0 Å². The summed E-state index contributed by atoms with van der Waals surface area (Å²) in [6.07, 6.45) is 0. The first-order valence-corrected chi connectivity index (χ1v) is 17.4. The molecule has 0 fully saturated rings. The molecule has 12 heteroatoms. The van der Waals surface area contributed by atoms with Crippen LogP contribution in [0.15, 0.2) is 14.8 Å². The normalized spacial score (nSPS) is 21.2. The third kappa shape index (κ3) is 5.85. The van der Waals surface area contributed by atoms with Crippen molar-refractivity contribution < 1.29 is 14.4 Å². The molecule has 3 aromatic heterocycles. The zero-order valence-corrected chi connectivity index (χ0v) is 26.1. The fourth-order valence-corrected chi connectivity index (χ4v) is 10.2. The van der Waals surface area contributed by atoms with E-state index in [9.17, 15) is 14.4 Å². The Hall–Kier alpha value is -1.80. The van der Waals surface area contributed by atoms with Gasteiger partial charge >= 0.3 is 230 Å². The van der Waals surface area contributed by atoms with Gasteiger partial charge in [0.05, 0.1) is 0 Å². The van der Waals surface area contributed by atoms with Crippen molar-refractivity contribution in [2.24, 2.45) is 17.8 Å². The van der Waals surface area contributed by atoms with Crippen LogP contribution >= 0.6 is 0 Å². The zero-order valence-electron chi connectivity index (χ0n) is 21.0. The van der Waals surface area contributed by atoms with E-state index in [0.717, 1.165) is 13.7 Å². The SMILES string of the molecule is CC(C)C1NC(=O)c2c[se]c(n2)C(C(C)C)NC(=O)c2c[se]c(n2)C(C(C)C)NC(=O)c2c[se]c1n2. The molecule has 0 saturated heterocycles. The fourth-order valence-electron chi connectivity index (χ4n) is 3.79. The molecule has 6 bridgehead atoms. The van der Waals surface area contributed by atoms with Crippen molar-refractivity contribution in [2.75, 3.05) is 0 Å². The van der Waals surface area contributed by atoms with Crippen LogP contribution in [0.4, 0.5) is 0 Å². The Morgan fingerprint density at radius 1 is 0.556 bits per heavy atom. The molecular weight excluding hydrogens is 657 g/mol. The van der Waals surface area contributed by atoms with E-state index in [4.69, 9.17) is 0 Å². The van der Waals surface area contributed by atoms with E-state index in [1.807, 2.05) is 56.4 Å². The number of rotatable bonds is 3. The quantitative estimate of drug-likeness (QED) is 0.361. The molecule has 0 saturated carbocycles. The molecule has 0 aliphatic carbocycles. The molecular formula is C24H30N6O3Se3. The molecule has 192 valence electrons. The molecule has 1 aliphatic heterocycles. The number of carbonyl (C=O) groups is 3. The van der Waals surface area contributed by atoms with Crippen LogP contribution in [0.1, 0.15) is 105 Å². The van der Waals surface area contributed by atoms with Crippen molar-refractivity contribution in [3.8, 4) is 0 Å². The number of aromatic nitrogens is 3. The summed E-state index contributed by atoms with van der Waals surface area (Å²) in [5.74, 6) is -0.485. The Bertz CT molecular complexity index is 1110. The topological polar surface area (TPSA) is 126 Å². The van der Waals surface area contributed by atoms with Gasteiger partial charge in [0, 0.05) is 0 Å². The zero-order chi connectivity index (χ0) is 26.1. The monoisotopic (exact) mass is 690 g/mol. The van der Waals surface area contributed by atoms with Gasteiger partial charge in [-0.15, -0.1) is 0 Å². The minimum absolute atomic E-state index is 0.0955. The van der Waals surface area contributed by atoms with E-state index in [1.54, 1.807) is 0 Å². The summed E-state index contributed by atoms with van der Waals surface area (Å²) in [6.45, 7) is 12.2. The second kappa shape index (κ2) is 11.3.